The number of rotatable bonds is 2. The molecule has 88 valence electrons. The summed E-state index contributed by atoms with van der Waals surface area (Å²) in [6.45, 7) is 5.39. The van der Waals surface area contributed by atoms with Gasteiger partial charge in [-0.15, -0.1) is 0 Å². The van der Waals surface area contributed by atoms with E-state index in [-0.39, 0.29) is 0 Å². The summed E-state index contributed by atoms with van der Waals surface area (Å²) in [6.07, 6.45) is 5.02. The van der Waals surface area contributed by atoms with E-state index in [4.69, 9.17) is 11.6 Å². The predicted octanol–water partition coefficient (Wildman–Crippen LogP) is 3.64. The minimum Gasteiger partial charge on any atom is -0.314 e. The third-order valence-electron chi connectivity index (χ3n) is 3.35. The van der Waals surface area contributed by atoms with Gasteiger partial charge in [-0.25, -0.2) is 0 Å². The molecular formula is C14H20ClN. The second-order valence-electron chi connectivity index (χ2n) is 4.91. The zero-order chi connectivity index (χ0) is 11.5. The number of aryl methyl sites for hydroxylation is 2. The molecular weight excluding hydrogens is 218 g/mol. The molecule has 0 amide bonds. The molecule has 0 aromatic heterocycles. The van der Waals surface area contributed by atoms with Crippen molar-refractivity contribution in [2.45, 2.75) is 45.6 Å². The van der Waals surface area contributed by atoms with Crippen molar-refractivity contribution in [3.05, 3.63) is 33.8 Å². The highest BCUT2D eigenvalue weighted by Gasteiger charge is 2.15. The highest BCUT2D eigenvalue weighted by molar-refractivity contribution is 6.32. The minimum absolute atomic E-state index is 0.618. The van der Waals surface area contributed by atoms with Crippen LogP contribution in [0, 0.1) is 13.8 Å². The second kappa shape index (κ2) is 5.20. The molecule has 1 heterocycles. The van der Waals surface area contributed by atoms with Gasteiger partial charge in [0.1, 0.15) is 0 Å². The van der Waals surface area contributed by atoms with Crippen LogP contribution in [0.2, 0.25) is 5.02 Å². The van der Waals surface area contributed by atoms with Crippen molar-refractivity contribution in [3.8, 4) is 0 Å². The van der Waals surface area contributed by atoms with Gasteiger partial charge in [-0.2, -0.15) is 0 Å². The maximum absolute atomic E-state index is 6.36. The van der Waals surface area contributed by atoms with Crippen molar-refractivity contribution in [2.75, 3.05) is 6.54 Å². The van der Waals surface area contributed by atoms with Crippen LogP contribution >= 0.6 is 11.6 Å². The first-order valence-electron chi connectivity index (χ1n) is 6.16. The van der Waals surface area contributed by atoms with Gasteiger partial charge >= 0.3 is 0 Å². The highest BCUT2D eigenvalue weighted by Crippen LogP contribution is 2.25. The summed E-state index contributed by atoms with van der Waals surface area (Å²) in [5, 5.41) is 4.53. The van der Waals surface area contributed by atoms with Gasteiger partial charge in [0.2, 0.25) is 0 Å². The standard InChI is InChI=1S/C14H20ClN/c1-10-7-11(2)14(15)12(8-10)9-13-5-3-4-6-16-13/h7-8,13,16H,3-6,9H2,1-2H3. The first-order chi connectivity index (χ1) is 7.66. The van der Waals surface area contributed by atoms with Crippen LogP contribution in [0.15, 0.2) is 12.1 Å². The van der Waals surface area contributed by atoms with E-state index in [9.17, 15) is 0 Å². The Hall–Kier alpha value is -0.530. The van der Waals surface area contributed by atoms with Gasteiger partial charge in [0.25, 0.3) is 0 Å². The van der Waals surface area contributed by atoms with E-state index in [0.717, 1.165) is 18.0 Å². The smallest absolute Gasteiger partial charge is 0.0467 e. The van der Waals surface area contributed by atoms with E-state index in [1.807, 2.05) is 0 Å². The van der Waals surface area contributed by atoms with Crippen LogP contribution in [0.3, 0.4) is 0 Å². The molecule has 0 bridgehead atoms. The van der Waals surface area contributed by atoms with Gasteiger partial charge < -0.3 is 5.32 Å². The summed E-state index contributed by atoms with van der Waals surface area (Å²) >= 11 is 6.36. The van der Waals surface area contributed by atoms with E-state index >= 15 is 0 Å². The van der Waals surface area contributed by atoms with Gasteiger partial charge in [-0.1, -0.05) is 35.7 Å². The Kier molecular flexibility index (Phi) is 3.88. The Morgan fingerprint density at radius 1 is 1.31 bits per heavy atom. The normalized spacial score (nSPS) is 21.1. The monoisotopic (exact) mass is 237 g/mol. The zero-order valence-corrected chi connectivity index (χ0v) is 10.9. The molecule has 1 nitrogen and oxygen atoms in total. The molecule has 1 saturated heterocycles. The van der Waals surface area contributed by atoms with Gasteiger partial charge in [-0.3, -0.25) is 0 Å². The van der Waals surface area contributed by atoms with Crippen molar-refractivity contribution >= 4 is 11.6 Å². The summed E-state index contributed by atoms with van der Waals surface area (Å²) in [4.78, 5) is 0. The second-order valence-corrected chi connectivity index (χ2v) is 5.28. The first-order valence-corrected chi connectivity index (χ1v) is 6.53. The van der Waals surface area contributed by atoms with Crippen molar-refractivity contribution in [2.24, 2.45) is 0 Å². The number of benzene rings is 1. The molecule has 16 heavy (non-hydrogen) atoms. The molecule has 2 rings (SSSR count). The molecule has 1 atom stereocenters. The third kappa shape index (κ3) is 2.78. The average Bonchev–Trinajstić information content (AvgIpc) is 2.27. The van der Waals surface area contributed by atoms with E-state index in [2.05, 4.69) is 31.3 Å². The van der Waals surface area contributed by atoms with Gasteiger partial charge in [0.15, 0.2) is 0 Å². The van der Waals surface area contributed by atoms with Crippen LogP contribution < -0.4 is 5.32 Å². The summed E-state index contributed by atoms with van der Waals surface area (Å²) in [5.74, 6) is 0. The van der Waals surface area contributed by atoms with E-state index < -0.39 is 0 Å². The van der Waals surface area contributed by atoms with Crippen LogP contribution in [-0.2, 0) is 6.42 Å². The lowest BCUT2D eigenvalue weighted by atomic mass is 9.96. The lowest BCUT2D eigenvalue weighted by Gasteiger charge is -2.24. The maximum atomic E-state index is 6.36. The molecule has 0 radical (unpaired) electrons. The van der Waals surface area contributed by atoms with Crippen molar-refractivity contribution in [3.63, 3.8) is 0 Å². The molecule has 1 fully saturated rings. The largest absolute Gasteiger partial charge is 0.314 e. The Labute approximate surface area is 103 Å². The Bertz CT molecular complexity index is 367. The fraction of sp³-hybridized carbons (Fsp3) is 0.571. The number of nitrogens with one attached hydrogen (secondary N) is 1. The number of hydrogen-bond acceptors (Lipinski definition) is 1. The van der Waals surface area contributed by atoms with Crippen LogP contribution in [-0.4, -0.2) is 12.6 Å². The lowest BCUT2D eigenvalue weighted by molar-refractivity contribution is 0.399. The first kappa shape index (κ1) is 11.9. The fourth-order valence-electron chi connectivity index (χ4n) is 2.55. The summed E-state index contributed by atoms with van der Waals surface area (Å²) in [7, 11) is 0. The maximum Gasteiger partial charge on any atom is 0.0467 e. The van der Waals surface area contributed by atoms with Crippen LogP contribution in [0.1, 0.15) is 36.0 Å². The van der Waals surface area contributed by atoms with E-state index in [1.165, 1.54) is 36.0 Å². The zero-order valence-electron chi connectivity index (χ0n) is 10.1. The molecule has 1 aliphatic heterocycles. The lowest BCUT2D eigenvalue weighted by Crippen LogP contribution is -2.35. The third-order valence-corrected chi connectivity index (χ3v) is 3.89. The molecule has 1 N–H and O–H groups in total. The predicted molar refractivity (Wildman–Crippen MR) is 70.3 cm³/mol. The molecule has 0 saturated carbocycles. The average molecular weight is 238 g/mol. The van der Waals surface area contributed by atoms with Crippen LogP contribution in [0.5, 0.6) is 0 Å². The summed E-state index contributed by atoms with van der Waals surface area (Å²) in [5.41, 5.74) is 3.82. The van der Waals surface area contributed by atoms with E-state index in [1.54, 1.807) is 0 Å². The van der Waals surface area contributed by atoms with Crippen LogP contribution in [0.25, 0.3) is 0 Å². The summed E-state index contributed by atoms with van der Waals surface area (Å²) < 4.78 is 0. The Morgan fingerprint density at radius 2 is 2.12 bits per heavy atom. The van der Waals surface area contributed by atoms with Gasteiger partial charge in [-0.05, 0) is 50.8 Å². The van der Waals surface area contributed by atoms with Gasteiger partial charge in [0.05, 0.1) is 0 Å². The van der Waals surface area contributed by atoms with Gasteiger partial charge in [0, 0.05) is 11.1 Å². The molecule has 0 spiro atoms. The molecule has 1 aromatic carbocycles. The number of hydrogen-bond donors (Lipinski definition) is 1. The van der Waals surface area contributed by atoms with E-state index in [0.29, 0.717) is 6.04 Å². The molecule has 1 aromatic rings. The molecule has 2 heteroatoms. The summed E-state index contributed by atoms with van der Waals surface area (Å²) in [6, 6.07) is 5.00. The molecule has 1 unspecified atom stereocenters. The van der Waals surface area contributed by atoms with Crippen molar-refractivity contribution < 1.29 is 0 Å². The number of halogens is 1. The van der Waals surface area contributed by atoms with Crippen LogP contribution in [0.4, 0.5) is 0 Å². The highest BCUT2D eigenvalue weighted by atomic mass is 35.5. The SMILES string of the molecule is Cc1cc(C)c(Cl)c(CC2CCCCN2)c1. The topological polar surface area (TPSA) is 12.0 Å². The minimum atomic E-state index is 0.618. The molecule has 0 aliphatic carbocycles. The fourth-order valence-corrected chi connectivity index (χ4v) is 2.74. The Morgan fingerprint density at radius 3 is 2.81 bits per heavy atom. The number of piperidine rings is 1. The van der Waals surface area contributed by atoms with Crippen molar-refractivity contribution in [1.29, 1.82) is 0 Å². The quantitative estimate of drug-likeness (QED) is 0.828. The van der Waals surface area contributed by atoms with Crippen molar-refractivity contribution in [1.82, 2.24) is 5.32 Å². The Balaban J connectivity index is 2.13. The molecule has 1 aliphatic rings.